The third-order valence-electron chi connectivity index (χ3n) is 5.56. The van der Waals surface area contributed by atoms with Crippen molar-refractivity contribution >= 4 is 0 Å². The van der Waals surface area contributed by atoms with Gasteiger partial charge in [0.1, 0.15) is 0 Å². The SMILES string of the molecule is CC1=CC=CC(C)=C(C)CC=CC(C)=C(C)C=CCC(C)=C(C)C=CC=C1C. The van der Waals surface area contributed by atoms with Gasteiger partial charge in [-0.2, -0.15) is 0 Å². The zero-order valence-corrected chi connectivity index (χ0v) is 19.2. The lowest BCUT2D eigenvalue weighted by Gasteiger charge is -2.03. The first-order valence-corrected chi connectivity index (χ1v) is 10.3. The largest absolute Gasteiger partial charge is 0.0802 e. The first-order chi connectivity index (χ1) is 13.2. The third-order valence-corrected chi connectivity index (χ3v) is 5.56. The molecular formula is C28H38. The summed E-state index contributed by atoms with van der Waals surface area (Å²) in [5, 5.41) is 0. The summed E-state index contributed by atoms with van der Waals surface area (Å²) in [6.07, 6.45) is 24.1. The molecule has 0 bridgehead atoms. The predicted octanol–water partition coefficient (Wildman–Crippen LogP) is 8.91. The zero-order chi connectivity index (χ0) is 21.1. The van der Waals surface area contributed by atoms with Crippen molar-refractivity contribution in [2.45, 2.75) is 68.2 Å². The highest BCUT2D eigenvalue weighted by Gasteiger charge is 1.95. The summed E-state index contributed by atoms with van der Waals surface area (Å²) in [6.45, 7) is 17.5. The predicted molar refractivity (Wildman–Crippen MR) is 128 cm³/mol. The maximum absolute atomic E-state index is 2.27. The highest BCUT2D eigenvalue weighted by Crippen LogP contribution is 2.16. The van der Waals surface area contributed by atoms with E-state index in [0.717, 1.165) is 12.8 Å². The van der Waals surface area contributed by atoms with E-state index in [2.05, 4.69) is 116 Å². The fourth-order valence-corrected chi connectivity index (χ4v) is 2.63. The first kappa shape index (κ1) is 23.7. The van der Waals surface area contributed by atoms with E-state index in [1.165, 1.54) is 44.6 Å². The monoisotopic (exact) mass is 374 g/mol. The van der Waals surface area contributed by atoms with Crippen molar-refractivity contribution < 1.29 is 0 Å². The van der Waals surface area contributed by atoms with E-state index in [0.29, 0.717) is 0 Å². The first-order valence-electron chi connectivity index (χ1n) is 10.3. The van der Waals surface area contributed by atoms with Crippen molar-refractivity contribution in [2.24, 2.45) is 0 Å². The van der Waals surface area contributed by atoms with Crippen LogP contribution in [0.25, 0.3) is 0 Å². The molecule has 0 heteroatoms. The molecule has 150 valence electrons. The van der Waals surface area contributed by atoms with Crippen molar-refractivity contribution in [2.75, 3.05) is 0 Å². The molecule has 0 amide bonds. The summed E-state index contributed by atoms with van der Waals surface area (Å²) >= 11 is 0. The van der Waals surface area contributed by atoms with Crippen molar-refractivity contribution in [3.05, 3.63) is 105 Å². The van der Waals surface area contributed by atoms with Gasteiger partial charge in [0.25, 0.3) is 0 Å². The third kappa shape index (κ3) is 8.57. The fraction of sp³-hybridized carbons (Fsp3) is 0.357. The van der Waals surface area contributed by atoms with Gasteiger partial charge in [0.05, 0.1) is 0 Å². The van der Waals surface area contributed by atoms with Gasteiger partial charge in [0.15, 0.2) is 0 Å². The maximum atomic E-state index is 2.27. The number of allylic oxidation sites excluding steroid dienone is 18. The second-order valence-corrected chi connectivity index (χ2v) is 7.92. The molecule has 0 N–H and O–H groups in total. The summed E-state index contributed by atoms with van der Waals surface area (Å²) < 4.78 is 0. The van der Waals surface area contributed by atoms with Crippen LogP contribution in [0, 0.1) is 0 Å². The fourth-order valence-electron chi connectivity index (χ4n) is 2.63. The molecule has 1 aliphatic carbocycles. The summed E-state index contributed by atoms with van der Waals surface area (Å²) in [5.41, 5.74) is 10.7. The minimum absolute atomic E-state index is 0.984. The molecule has 0 aromatic heterocycles. The van der Waals surface area contributed by atoms with Gasteiger partial charge in [-0.15, -0.1) is 0 Å². The molecule has 0 saturated carbocycles. The van der Waals surface area contributed by atoms with E-state index in [4.69, 9.17) is 0 Å². The standard InChI is InChI=1S/C28H38/c1-21-13-9-15-23(3)25(5)17-11-19-27(7)28(8)20-12-18-26(6)24(4)16-10-14-22(21)2/h9-16,19-20H,17-18H2,1-8H3. The summed E-state index contributed by atoms with van der Waals surface area (Å²) in [7, 11) is 0. The molecule has 0 unspecified atom stereocenters. The molecule has 0 aromatic carbocycles. The van der Waals surface area contributed by atoms with E-state index in [9.17, 15) is 0 Å². The second kappa shape index (κ2) is 12.2. The van der Waals surface area contributed by atoms with Gasteiger partial charge in [0.2, 0.25) is 0 Å². The van der Waals surface area contributed by atoms with Crippen LogP contribution in [0.1, 0.15) is 68.2 Å². The molecule has 0 heterocycles. The van der Waals surface area contributed by atoms with E-state index in [1.54, 1.807) is 0 Å². The molecule has 0 fully saturated rings. The van der Waals surface area contributed by atoms with Gasteiger partial charge in [-0.05, 0) is 90.5 Å². The van der Waals surface area contributed by atoms with Crippen molar-refractivity contribution in [1.82, 2.24) is 0 Å². The lowest BCUT2D eigenvalue weighted by Crippen LogP contribution is -1.83. The van der Waals surface area contributed by atoms with Crippen LogP contribution >= 0.6 is 0 Å². The lowest BCUT2D eigenvalue weighted by molar-refractivity contribution is 1.15. The average molecular weight is 375 g/mol. The molecule has 0 radical (unpaired) electrons. The maximum Gasteiger partial charge on any atom is -0.0133 e. The smallest absolute Gasteiger partial charge is 0.0133 e. The van der Waals surface area contributed by atoms with Gasteiger partial charge >= 0.3 is 0 Å². The van der Waals surface area contributed by atoms with Crippen molar-refractivity contribution in [3.8, 4) is 0 Å². The van der Waals surface area contributed by atoms with Crippen molar-refractivity contribution in [3.63, 3.8) is 0 Å². The van der Waals surface area contributed by atoms with Gasteiger partial charge in [-0.1, -0.05) is 83.1 Å². The molecule has 28 heavy (non-hydrogen) atoms. The molecule has 1 rings (SSSR count). The molecular weight excluding hydrogens is 336 g/mol. The second-order valence-electron chi connectivity index (χ2n) is 7.92. The minimum atomic E-state index is 0.984. The van der Waals surface area contributed by atoms with E-state index in [-0.39, 0.29) is 0 Å². The summed E-state index contributed by atoms with van der Waals surface area (Å²) in [5.74, 6) is 0. The van der Waals surface area contributed by atoms with Crippen LogP contribution in [0.15, 0.2) is 105 Å². The molecule has 0 saturated heterocycles. The van der Waals surface area contributed by atoms with Gasteiger partial charge in [0, 0.05) is 0 Å². The van der Waals surface area contributed by atoms with E-state index >= 15 is 0 Å². The Morgan fingerprint density at radius 1 is 0.464 bits per heavy atom. The van der Waals surface area contributed by atoms with Gasteiger partial charge in [-0.3, -0.25) is 0 Å². The topological polar surface area (TPSA) is 0 Å². The number of hydrogen-bond donors (Lipinski definition) is 0. The Kier molecular flexibility index (Phi) is 10.3. The Labute approximate surface area is 173 Å². The zero-order valence-electron chi connectivity index (χ0n) is 19.2. The highest BCUT2D eigenvalue weighted by molar-refractivity contribution is 5.37. The Balaban J connectivity index is 3.28. The Hall–Kier alpha value is -2.34. The lowest BCUT2D eigenvalue weighted by atomic mass is 10.0. The average Bonchev–Trinajstić information content (AvgIpc) is 2.66. The molecule has 0 aromatic rings. The molecule has 0 atom stereocenters. The minimum Gasteiger partial charge on any atom is -0.0802 e. The van der Waals surface area contributed by atoms with Crippen LogP contribution in [0.3, 0.4) is 0 Å². The number of rotatable bonds is 0. The molecule has 1 aliphatic rings. The van der Waals surface area contributed by atoms with Crippen LogP contribution in [-0.4, -0.2) is 0 Å². The Morgan fingerprint density at radius 2 is 0.821 bits per heavy atom. The quantitative estimate of drug-likeness (QED) is 0.397. The molecule has 0 nitrogen and oxygen atoms in total. The highest BCUT2D eigenvalue weighted by atomic mass is 14.0. The molecule has 0 spiro atoms. The molecule has 0 aliphatic heterocycles. The summed E-state index contributed by atoms with van der Waals surface area (Å²) in [4.78, 5) is 0. The van der Waals surface area contributed by atoms with Crippen LogP contribution in [0.4, 0.5) is 0 Å². The van der Waals surface area contributed by atoms with Gasteiger partial charge in [-0.25, -0.2) is 0 Å². The van der Waals surface area contributed by atoms with Crippen LogP contribution < -0.4 is 0 Å². The summed E-state index contributed by atoms with van der Waals surface area (Å²) in [6, 6.07) is 0. The normalized spacial score (nSPS) is 18.6. The number of hydrogen-bond acceptors (Lipinski definition) is 0. The van der Waals surface area contributed by atoms with Crippen LogP contribution in [-0.2, 0) is 0 Å². The Bertz CT molecular complexity index is 751. The van der Waals surface area contributed by atoms with Crippen molar-refractivity contribution in [1.29, 1.82) is 0 Å². The Morgan fingerprint density at radius 3 is 1.18 bits per heavy atom. The van der Waals surface area contributed by atoms with Gasteiger partial charge < -0.3 is 0 Å². The van der Waals surface area contributed by atoms with Crippen LogP contribution in [0.5, 0.6) is 0 Å². The van der Waals surface area contributed by atoms with E-state index < -0.39 is 0 Å². The van der Waals surface area contributed by atoms with E-state index in [1.807, 2.05) is 0 Å². The van der Waals surface area contributed by atoms with Crippen LogP contribution in [0.2, 0.25) is 0 Å².